The van der Waals surface area contributed by atoms with Crippen LogP contribution in [0.1, 0.15) is 38.2 Å². The zero-order valence-corrected chi connectivity index (χ0v) is 14.4. The summed E-state index contributed by atoms with van der Waals surface area (Å²) in [5.74, 6) is -1.75. The molecule has 3 N–H and O–H groups in total. The lowest BCUT2D eigenvalue weighted by Gasteiger charge is -2.18. The van der Waals surface area contributed by atoms with Gasteiger partial charge in [0.15, 0.2) is 0 Å². The van der Waals surface area contributed by atoms with E-state index in [-0.39, 0.29) is 31.1 Å². The molecule has 0 fully saturated rings. The monoisotopic (exact) mass is 354 g/mol. The topological polar surface area (TPSA) is 95.5 Å². The second kappa shape index (κ2) is 10.6. The van der Waals surface area contributed by atoms with Crippen molar-refractivity contribution in [1.29, 1.82) is 0 Å². The molecule has 7 heteroatoms. The van der Waals surface area contributed by atoms with Gasteiger partial charge in [-0.05, 0) is 24.5 Å². The number of nitrogens with one attached hydrogen (secondary N) is 2. The quantitative estimate of drug-likeness (QED) is 0.561. The lowest BCUT2D eigenvalue weighted by atomic mass is 10.1. The first kappa shape index (κ1) is 20.0. The predicted octanol–water partition coefficient (Wildman–Crippen LogP) is 2.15. The summed E-state index contributed by atoms with van der Waals surface area (Å²) < 4.78 is 0. The smallest absolute Gasteiger partial charge is 0.303 e. The van der Waals surface area contributed by atoms with Gasteiger partial charge in [0.05, 0.1) is 6.42 Å². The van der Waals surface area contributed by atoms with Crippen LogP contribution in [-0.4, -0.2) is 35.5 Å². The third kappa shape index (κ3) is 7.46. The highest BCUT2D eigenvalue weighted by molar-refractivity contribution is 6.31. The molecule has 1 aromatic rings. The van der Waals surface area contributed by atoms with Crippen LogP contribution in [0.15, 0.2) is 24.3 Å². The molecule has 24 heavy (non-hydrogen) atoms. The van der Waals surface area contributed by atoms with Crippen LogP contribution in [0.5, 0.6) is 0 Å². The van der Waals surface area contributed by atoms with Crippen LogP contribution in [0.4, 0.5) is 0 Å². The zero-order valence-electron chi connectivity index (χ0n) is 13.7. The van der Waals surface area contributed by atoms with Gasteiger partial charge < -0.3 is 15.7 Å². The number of halogens is 1. The number of benzene rings is 1. The fourth-order valence-corrected chi connectivity index (χ4v) is 2.31. The summed E-state index contributed by atoms with van der Waals surface area (Å²) in [6, 6.07) is 6.08. The van der Waals surface area contributed by atoms with Crippen molar-refractivity contribution >= 4 is 29.4 Å². The Balaban J connectivity index is 2.65. The summed E-state index contributed by atoms with van der Waals surface area (Å²) in [5, 5.41) is 14.6. The molecule has 0 heterocycles. The Hall–Kier alpha value is -2.08. The van der Waals surface area contributed by atoms with Gasteiger partial charge in [0, 0.05) is 18.0 Å². The average Bonchev–Trinajstić information content (AvgIpc) is 2.53. The van der Waals surface area contributed by atoms with Crippen molar-refractivity contribution in [2.45, 2.75) is 45.1 Å². The Labute approximate surface area is 146 Å². The van der Waals surface area contributed by atoms with E-state index in [0.29, 0.717) is 17.1 Å². The van der Waals surface area contributed by atoms with E-state index in [1.807, 2.05) is 6.92 Å². The molecule has 0 aliphatic heterocycles. The Kier molecular flexibility index (Phi) is 8.86. The van der Waals surface area contributed by atoms with Crippen LogP contribution in [-0.2, 0) is 20.8 Å². The molecule has 0 spiro atoms. The van der Waals surface area contributed by atoms with Crippen molar-refractivity contribution < 1.29 is 19.5 Å². The number of carboxylic acid groups (broad SMARTS) is 1. The molecular formula is C17H23ClN2O4. The van der Waals surface area contributed by atoms with Crippen molar-refractivity contribution in [3.8, 4) is 0 Å². The molecule has 2 amide bonds. The first-order chi connectivity index (χ1) is 11.4. The van der Waals surface area contributed by atoms with Crippen molar-refractivity contribution in [3.05, 3.63) is 34.9 Å². The first-order valence-electron chi connectivity index (χ1n) is 7.96. The number of unbranched alkanes of at least 4 members (excludes halogenated alkanes) is 1. The van der Waals surface area contributed by atoms with E-state index in [9.17, 15) is 14.4 Å². The van der Waals surface area contributed by atoms with Crippen LogP contribution < -0.4 is 10.6 Å². The molecule has 0 bridgehead atoms. The fraction of sp³-hybridized carbons (Fsp3) is 0.471. The number of carboxylic acids is 1. The Morgan fingerprint density at radius 3 is 2.58 bits per heavy atom. The van der Waals surface area contributed by atoms with Crippen LogP contribution in [0.3, 0.4) is 0 Å². The Bertz CT molecular complexity index is 577. The van der Waals surface area contributed by atoms with Gasteiger partial charge in [-0.1, -0.05) is 43.1 Å². The number of carbonyl (C=O) groups is 3. The van der Waals surface area contributed by atoms with Crippen LogP contribution in [0.25, 0.3) is 0 Å². The second-order valence-electron chi connectivity index (χ2n) is 5.47. The standard InChI is InChI=1S/C17H23ClN2O4/c1-2-3-10-19-17(24)14(8-9-16(22)23)20-15(21)11-12-6-4-5-7-13(12)18/h4-7,14H,2-3,8-11H2,1H3,(H,19,24)(H,20,21)(H,22,23)/t14-/m0/s1. The van der Waals surface area contributed by atoms with Crippen LogP contribution in [0.2, 0.25) is 5.02 Å². The molecule has 0 aliphatic rings. The number of rotatable bonds is 10. The average molecular weight is 355 g/mol. The van der Waals surface area contributed by atoms with Crippen molar-refractivity contribution in [2.24, 2.45) is 0 Å². The van der Waals surface area contributed by atoms with Gasteiger partial charge in [0.2, 0.25) is 11.8 Å². The maximum absolute atomic E-state index is 12.2. The molecule has 0 aliphatic carbocycles. The van der Waals surface area contributed by atoms with Gasteiger partial charge in [-0.3, -0.25) is 14.4 Å². The molecule has 6 nitrogen and oxygen atoms in total. The summed E-state index contributed by atoms with van der Waals surface area (Å²) in [7, 11) is 0. The fourth-order valence-electron chi connectivity index (χ4n) is 2.11. The maximum Gasteiger partial charge on any atom is 0.303 e. The van der Waals surface area contributed by atoms with Gasteiger partial charge in [0.1, 0.15) is 6.04 Å². The predicted molar refractivity (Wildman–Crippen MR) is 91.9 cm³/mol. The lowest BCUT2D eigenvalue weighted by molar-refractivity contribution is -0.138. The van der Waals surface area contributed by atoms with Gasteiger partial charge in [0.25, 0.3) is 0 Å². The number of hydrogen-bond acceptors (Lipinski definition) is 3. The summed E-state index contributed by atoms with van der Waals surface area (Å²) in [6.07, 6.45) is 1.63. The maximum atomic E-state index is 12.2. The third-order valence-electron chi connectivity index (χ3n) is 3.44. The third-order valence-corrected chi connectivity index (χ3v) is 3.81. The highest BCUT2D eigenvalue weighted by atomic mass is 35.5. The van der Waals surface area contributed by atoms with Gasteiger partial charge in [-0.2, -0.15) is 0 Å². The Morgan fingerprint density at radius 2 is 1.96 bits per heavy atom. The van der Waals surface area contributed by atoms with Gasteiger partial charge in [-0.15, -0.1) is 0 Å². The van der Waals surface area contributed by atoms with Crippen LogP contribution >= 0.6 is 11.6 Å². The molecule has 0 saturated heterocycles. The summed E-state index contributed by atoms with van der Waals surface area (Å²) in [4.78, 5) is 35.0. The molecule has 1 rings (SSSR count). The summed E-state index contributed by atoms with van der Waals surface area (Å²) in [5.41, 5.74) is 0.653. The highest BCUT2D eigenvalue weighted by Gasteiger charge is 2.21. The number of hydrogen-bond donors (Lipinski definition) is 3. The molecule has 132 valence electrons. The van der Waals surface area contributed by atoms with Crippen molar-refractivity contribution in [2.75, 3.05) is 6.54 Å². The molecule has 0 radical (unpaired) electrons. The number of amides is 2. The highest BCUT2D eigenvalue weighted by Crippen LogP contribution is 2.15. The largest absolute Gasteiger partial charge is 0.481 e. The van der Waals surface area contributed by atoms with E-state index >= 15 is 0 Å². The molecular weight excluding hydrogens is 332 g/mol. The second-order valence-corrected chi connectivity index (χ2v) is 5.87. The minimum absolute atomic E-state index is 0.0332. The molecule has 1 atom stereocenters. The number of aliphatic carboxylic acids is 1. The summed E-state index contributed by atoms with van der Waals surface area (Å²) in [6.45, 7) is 2.50. The van der Waals surface area contributed by atoms with E-state index in [2.05, 4.69) is 10.6 Å². The minimum atomic E-state index is -1.01. The van der Waals surface area contributed by atoms with E-state index in [4.69, 9.17) is 16.7 Å². The van der Waals surface area contributed by atoms with Gasteiger partial charge >= 0.3 is 5.97 Å². The van der Waals surface area contributed by atoms with Crippen molar-refractivity contribution in [3.63, 3.8) is 0 Å². The van der Waals surface area contributed by atoms with E-state index in [1.165, 1.54) is 0 Å². The van der Waals surface area contributed by atoms with Gasteiger partial charge in [-0.25, -0.2) is 0 Å². The zero-order chi connectivity index (χ0) is 17.9. The molecule has 0 aromatic heterocycles. The lowest BCUT2D eigenvalue weighted by Crippen LogP contribution is -2.47. The minimum Gasteiger partial charge on any atom is -0.481 e. The normalized spacial score (nSPS) is 11.6. The van der Waals surface area contributed by atoms with E-state index in [1.54, 1.807) is 24.3 Å². The molecule has 0 saturated carbocycles. The number of carbonyl (C=O) groups excluding carboxylic acids is 2. The van der Waals surface area contributed by atoms with E-state index in [0.717, 1.165) is 12.8 Å². The Morgan fingerprint density at radius 1 is 1.25 bits per heavy atom. The SMILES string of the molecule is CCCCNC(=O)[C@H](CCC(=O)O)NC(=O)Cc1ccccc1Cl. The molecule has 1 aromatic carbocycles. The van der Waals surface area contributed by atoms with Crippen molar-refractivity contribution in [1.82, 2.24) is 10.6 Å². The summed E-state index contributed by atoms with van der Waals surface area (Å²) >= 11 is 6.02. The first-order valence-corrected chi connectivity index (χ1v) is 8.34. The van der Waals surface area contributed by atoms with Crippen LogP contribution in [0, 0.1) is 0 Å². The molecule has 0 unspecified atom stereocenters. The van der Waals surface area contributed by atoms with E-state index < -0.39 is 12.0 Å².